The summed E-state index contributed by atoms with van der Waals surface area (Å²) >= 11 is 0. The minimum absolute atomic E-state index is 0.0111. The number of ether oxygens (including phenoxy) is 1. The number of likely N-dealkylation sites (tertiary alicyclic amines) is 1. The Labute approximate surface area is 121 Å². The van der Waals surface area contributed by atoms with Gasteiger partial charge in [0.1, 0.15) is 0 Å². The molecular weight excluding hydrogens is 252 g/mol. The van der Waals surface area contributed by atoms with Gasteiger partial charge in [-0.3, -0.25) is 14.7 Å². The highest BCUT2D eigenvalue weighted by molar-refractivity contribution is 5.72. The molecule has 4 nitrogen and oxygen atoms in total. The molecule has 4 heteroatoms. The number of esters is 1. The van der Waals surface area contributed by atoms with Crippen molar-refractivity contribution < 1.29 is 9.53 Å². The van der Waals surface area contributed by atoms with Crippen molar-refractivity contribution >= 4 is 5.97 Å². The molecule has 20 heavy (non-hydrogen) atoms. The van der Waals surface area contributed by atoms with E-state index in [2.05, 4.69) is 28.9 Å². The number of aromatic nitrogens is 1. The normalized spacial score (nSPS) is 18.7. The predicted octanol–water partition coefficient (Wildman–Crippen LogP) is 2.81. The number of carbonyl (C=O) groups excluding carboxylic acids is 1. The van der Waals surface area contributed by atoms with Crippen molar-refractivity contribution in [3.05, 3.63) is 30.1 Å². The molecule has 0 amide bonds. The monoisotopic (exact) mass is 276 g/mol. The van der Waals surface area contributed by atoms with E-state index in [1.165, 1.54) is 5.56 Å². The van der Waals surface area contributed by atoms with Crippen molar-refractivity contribution in [2.45, 2.75) is 39.2 Å². The summed E-state index contributed by atoms with van der Waals surface area (Å²) in [6.45, 7) is 6.69. The lowest BCUT2D eigenvalue weighted by molar-refractivity contribution is -0.150. The molecule has 0 N–H and O–H groups in total. The first-order valence-electron chi connectivity index (χ1n) is 7.53. The zero-order chi connectivity index (χ0) is 14.4. The van der Waals surface area contributed by atoms with Gasteiger partial charge in [-0.2, -0.15) is 0 Å². The number of hydrogen-bond acceptors (Lipinski definition) is 4. The van der Waals surface area contributed by atoms with E-state index in [0.717, 1.165) is 32.4 Å². The summed E-state index contributed by atoms with van der Waals surface area (Å²) in [5.41, 5.74) is 1.28. The summed E-state index contributed by atoms with van der Waals surface area (Å²) in [4.78, 5) is 18.3. The fourth-order valence-electron chi connectivity index (χ4n) is 2.70. The fourth-order valence-corrected chi connectivity index (χ4v) is 2.70. The minimum atomic E-state index is -0.0111. The summed E-state index contributed by atoms with van der Waals surface area (Å²) in [6.07, 6.45) is 6.36. The van der Waals surface area contributed by atoms with Crippen molar-refractivity contribution in [2.24, 2.45) is 5.92 Å². The molecule has 0 spiro atoms. The van der Waals surface area contributed by atoms with Crippen LogP contribution in [0.1, 0.15) is 44.7 Å². The molecule has 1 aromatic rings. The molecule has 1 atom stereocenters. The first-order chi connectivity index (χ1) is 9.72. The Kier molecular flexibility index (Phi) is 5.53. The second-order valence-electron chi connectivity index (χ2n) is 5.43. The number of rotatable bonds is 5. The fraction of sp³-hybridized carbons (Fsp3) is 0.625. The van der Waals surface area contributed by atoms with Crippen molar-refractivity contribution in [2.75, 3.05) is 19.7 Å². The van der Waals surface area contributed by atoms with E-state index in [4.69, 9.17) is 4.74 Å². The van der Waals surface area contributed by atoms with Gasteiger partial charge >= 0.3 is 5.97 Å². The first kappa shape index (κ1) is 15.0. The summed E-state index contributed by atoms with van der Waals surface area (Å²) in [6, 6.07) is 4.50. The van der Waals surface area contributed by atoms with E-state index >= 15 is 0 Å². The summed E-state index contributed by atoms with van der Waals surface area (Å²) in [5, 5.41) is 0. The van der Waals surface area contributed by atoms with Crippen LogP contribution in [0.4, 0.5) is 0 Å². The molecule has 2 heterocycles. The summed E-state index contributed by atoms with van der Waals surface area (Å²) < 4.78 is 5.25. The SMILES string of the molecule is CCCOC(=O)C1CCN(C(C)c2ccncc2)CC1. The highest BCUT2D eigenvalue weighted by atomic mass is 16.5. The van der Waals surface area contributed by atoms with Crippen LogP contribution in [-0.2, 0) is 9.53 Å². The average molecular weight is 276 g/mol. The second kappa shape index (κ2) is 7.39. The van der Waals surface area contributed by atoms with Gasteiger partial charge in [0.25, 0.3) is 0 Å². The molecule has 1 saturated heterocycles. The lowest BCUT2D eigenvalue weighted by Crippen LogP contribution is -2.38. The Hall–Kier alpha value is -1.42. The van der Waals surface area contributed by atoms with Gasteiger partial charge < -0.3 is 4.74 Å². The molecule has 0 aromatic carbocycles. The molecule has 2 rings (SSSR count). The van der Waals surface area contributed by atoms with Crippen LogP contribution in [-0.4, -0.2) is 35.5 Å². The smallest absolute Gasteiger partial charge is 0.309 e. The van der Waals surface area contributed by atoms with Gasteiger partial charge in [0.15, 0.2) is 0 Å². The highest BCUT2D eigenvalue weighted by Gasteiger charge is 2.28. The lowest BCUT2D eigenvalue weighted by Gasteiger charge is -2.35. The van der Waals surface area contributed by atoms with Crippen molar-refractivity contribution in [3.8, 4) is 0 Å². The maximum Gasteiger partial charge on any atom is 0.309 e. The largest absolute Gasteiger partial charge is 0.465 e. The van der Waals surface area contributed by atoms with Crippen LogP contribution in [0.5, 0.6) is 0 Å². The number of pyridine rings is 1. The van der Waals surface area contributed by atoms with Gasteiger partial charge in [-0.15, -0.1) is 0 Å². The third kappa shape index (κ3) is 3.79. The standard InChI is InChI=1S/C16H24N2O2/c1-3-12-20-16(19)15-6-10-18(11-7-15)13(2)14-4-8-17-9-5-14/h4-5,8-9,13,15H,3,6-7,10-12H2,1-2H3. The van der Waals surface area contributed by atoms with Gasteiger partial charge in [0.05, 0.1) is 12.5 Å². The molecule has 1 aromatic heterocycles. The molecule has 1 unspecified atom stereocenters. The quantitative estimate of drug-likeness (QED) is 0.776. The van der Waals surface area contributed by atoms with Crippen LogP contribution in [0.15, 0.2) is 24.5 Å². The van der Waals surface area contributed by atoms with Gasteiger partial charge in [-0.1, -0.05) is 6.92 Å². The maximum absolute atomic E-state index is 11.9. The zero-order valence-electron chi connectivity index (χ0n) is 12.4. The second-order valence-corrected chi connectivity index (χ2v) is 5.43. The van der Waals surface area contributed by atoms with Crippen LogP contribution < -0.4 is 0 Å². The van der Waals surface area contributed by atoms with E-state index in [1.54, 1.807) is 0 Å². The number of carbonyl (C=O) groups is 1. The Morgan fingerprint density at radius 1 is 1.40 bits per heavy atom. The first-order valence-corrected chi connectivity index (χ1v) is 7.53. The number of nitrogens with zero attached hydrogens (tertiary/aromatic N) is 2. The van der Waals surface area contributed by atoms with Crippen molar-refractivity contribution in [1.82, 2.24) is 9.88 Å². The molecule has 1 aliphatic heterocycles. The molecule has 0 saturated carbocycles. The third-order valence-corrected chi connectivity index (χ3v) is 4.05. The predicted molar refractivity (Wildman–Crippen MR) is 78.2 cm³/mol. The molecular formula is C16H24N2O2. The Morgan fingerprint density at radius 3 is 2.65 bits per heavy atom. The third-order valence-electron chi connectivity index (χ3n) is 4.05. The van der Waals surface area contributed by atoms with Crippen molar-refractivity contribution in [3.63, 3.8) is 0 Å². The van der Waals surface area contributed by atoms with Gasteiger partial charge in [0, 0.05) is 18.4 Å². The Morgan fingerprint density at radius 2 is 2.05 bits per heavy atom. The lowest BCUT2D eigenvalue weighted by atomic mass is 9.95. The molecule has 1 aliphatic rings. The maximum atomic E-state index is 11.9. The average Bonchev–Trinajstić information content (AvgIpc) is 2.53. The van der Waals surface area contributed by atoms with E-state index in [-0.39, 0.29) is 11.9 Å². The highest BCUT2D eigenvalue weighted by Crippen LogP contribution is 2.26. The van der Waals surface area contributed by atoms with E-state index in [1.807, 2.05) is 19.3 Å². The molecule has 1 fully saturated rings. The Balaban J connectivity index is 1.83. The summed E-state index contributed by atoms with van der Waals surface area (Å²) in [7, 11) is 0. The van der Waals surface area contributed by atoms with Crippen LogP contribution >= 0.6 is 0 Å². The van der Waals surface area contributed by atoms with Crippen LogP contribution in [0.3, 0.4) is 0 Å². The minimum Gasteiger partial charge on any atom is -0.465 e. The van der Waals surface area contributed by atoms with Crippen LogP contribution in [0, 0.1) is 5.92 Å². The van der Waals surface area contributed by atoms with Gasteiger partial charge in [0.2, 0.25) is 0 Å². The zero-order valence-corrected chi connectivity index (χ0v) is 12.4. The Bertz CT molecular complexity index is 414. The number of hydrogen-bond donors (Lipinski definition) is 0. The summed E-state index contributed by atoms with van der Waals surface area (Å²) in [5.74, 6) is 0.0745. The molecule has 0 radical (unpaired) electrons. The van der Waals surface area contributed by atoms with Gasteiger partial charge in [-0.05, 0) is 57.0 Å². The topological polar surface area (TPSA) is 42.4 Å². The van der Waals surface area contributed by atoms with Crippen molar-refractivity contribution in [1.29, 1.82) is 0 Å². The molecule has 110 valence electrons. The van der Waals surface area contributed by atoms with Gasteiger partial charge in [-0.25, -0.2) is 0 Å². The van der Waals surface area contributed by atoms with E-state index in [9.17, 15) is 4.79 Å². The van der Waals surface area contributed by atoms with E-state index < -0.39 is 0 Å². The molecule has 0 bridgehead atoms. The van der Waals surface area contributed by atoms with Crippen LogP contribution in [0.2, 0.25) is 0 Å². The molecule has 0 aliphatic carbocycles. The van der Waals surface area contributed by atoms with E-state index in [0.29, 0.717) is 12.6 Å². The van der Waals surface area contributed by atoms with Crippen LogP contribution in [0.25, 0.3) is 0 Å². The number of piperidine rings is 1.